The van der Waals surface area contributed by atoms with E-state index in [0.717, 1.165) is 42.1 Å². The number of aliphatic hydroxyl groups is 2. The summed E-state index contributed by atoms with van der Waals surface area (Å²) in [6, 6.07) is 1.93. The number of fused-ring (bicyclic) bond motifs is 2. The van der Waals surface area contributed by atoms with Crippen molar-refractivity contribution in [2.75, 3.05) is 32.8 Å². The number of piperidine rings is 1. The second-order valence-electron chi connectivity index (χ2n) is 6.39. The van der Waals surface area contributed by atoms with Crippen LogP contribution >= 0.6 is 11.3 Å². The van der Waals surface area contributed by atoms with E-state index in [2.05, 4.69) is 4.90 Å². The van der Waals surface area contributed by atoms with Crippen LogP contribution in [-0.2, 0) is 23.2 Å². The van der Waals surface area contributed by atoms with Crippen LogP contribution < -0.4 is 0 Å². The fraction of sp³-hybridized carbons (Fsp3) is 0.750. The minimum atomic E-state index is -2.31. The van der Waals surface area contributed by atoms with E-state index in [4.69, 9.17) is 9.84 Å². The van der Waals surface area contributed by atoms with Gasteiger partial charge in [0, 0.05) is 35.8 Å². The molecule has 1 atom stereocenters. The molecule has 1 spiro atoms. The first-order chi connectivity index (χ1) is 11.0. The van der Waals surface area contributed by atoms with E-state index in [-0.39, 0.29) is 18.6 Å². The number of likely N-dealkylation sites (tertiary alicyclic amines) is 1. The van der Waals surface area contributed by atoms with E-state index >= 15 is 0 Å². The second kappa shape index (κ2) is 7.11. The lowest BCUT2D eigenvalue weighted by molar-refractivity contribution is -0.0991. The highest BCUT2D eigenvalue weighted by Crippen LogP contribution is 2.45. The predicted molar refractivity (Wildman–Crippen MR) is 84.1 cm³/mol. The summed E-state index contributed by atoms with van der Waals surface area (Å²) in [5, 5.41) is 18.5. The molecule has 3 rings (SSSR count). The molecule has 0 amide bonds. The molecule has 0 aliphatic carbocycles. The van der Waals surface area contributed by atoms with Gasteiger partial charge in [-0.3, -0.25) is 0 Å². The number of alkyl halides is 2. The zero-order valence-electron chi connectivity index (χ0n) is 13.0. The number of hydrogen-bond acceptors (Lipinski definition) is 5. The summed E-state index contributed by atoms with van der Waals surface area (Å²) < 4.78 is 31.4. The predicted octanol–water partition coefficient (Wildman–Crippen LogP) is 1.77. The van der Waals surface area contributed by atoms with Crippen molar-refractivity contribution in [2.24, 2.45) is 0 Å². The lowest BCUT2D eigenvalue weighted by Crippen LogP contribution is -2.48. The Morgan fingerprint density at radius 2 is 2.09 bits per heavy atom. The molecule has 0 aromatic carbocycles. The monoisotopic (exact) mass is 347 g/mol. The molecule has 1 unspecified atom stereocenters. The Kier molecular flexibility index (Phi) is 5.32. The van der Waals surface area contributed by atoms with Crippen LogP contribution in [0.5, 0.6) is 0 Å². The van der Waals surface area contributed by atoms with Crippen LogP contribution in [-0.4, -0.2) is 60.5 Å². The van der Waals surface area contributed by atoms with Crippen molar-refractivity contribution >= 4 is 11.3 Å². The quantitative estimate of drug-likeness (QED) is 0.852. The van der Waals surface area contributed by atoms with Crippen LogP contribution in [0.15, 0.2) is 6.07 Å². The topological polar surface area (TPSA) is 52.9 Å². The van der Waals surface area contributed by atoms with Crippen molar-refractivity contribution in [1.82, 2.24) is 4.90 Å². The molecular weight excluding hydrogens is 324 g/mol. The number of halogens is 2. The van der Waals surface area contributed by atoms with Gasteiger partial charge in [-0.15, -0.1) is 11.3 Å². The molecule has 1 fully saturated rings. The standard InChI is InChI=1S/C16H23F2NO3S/c17-14(18)8-13-7-11-1-6-22-16(15(11)23-13)2-4-19(5-3-16)9-12(21)10-20/h7,12,14,20-21H,1-6,8-10H2. The van der Waals surface area contributed by atoms with Crippen molar-refractivity contribution < 1.29 is 23.7 Å². The summed E-state index contributed by atoms with van der Waals surface area (Å²) in [6.45, 7) is 2.42. The van der Waals surface area contributed by atoms with Gasteiger partial charge in [0.2, 0.25) is 6.43 Å². The zero-order valence-corrected chi connectivity index (χ0v) is 13.8. The smallest absolute Gasteiger partial charge is 0.243 e. The van der Waals surface area contributed by atoms with Gasteiger partial charge in [0.15, 0.2) is 0 Å². The number of nitrogens with zero attached hydrogens (tertiary/aromatic N) is 1. The van der Waals surface area contributed by atoms with E-state index < -0.39 is 12.5 Å². The van der Waals surface area contributed by atoms with Crippen molar-refractivity contribution in [1.29, 1.82) is 0 Å². The van der Waals surface area contributed by atoms with E-state index in [9.17, 15) is 13.9 Å². The Morgan fingerprint density at radius 3 is 2.74 bits per heavy atom. The molecule has 4 nitrogen and oxygen atoms in total. The Hall–Kier alpha value is -0.600. The van der Waals surface area contributed by atoms with Crippen molar-refractivity contribution in [3.63, 3.8) is 0 Å². The lowest BCUT2D eigenvalue weighted by atomic mass is 9.85. The highest BCUT2D eigenvalue weighted by Gasteiger charge is 2.42. The molecule has 1 aromatic rings. The summed E-state index contributed by atoms with van der Waals surface area (Å²) in [4.78, 5) is 3.99. The lowest BCUT2D eigenvalue weighted by Gasteiger charge is -2.44. The summed E-state index contributed by atoms with van der Waals surface area (Å²) >= 11 is 1.48. The summed E-state index contributed by atoms with van der Waals surface area (Å²) in [7, 11) is 0. The second-order valence-corrected chi connectivity index (χ2v) is 7.53. The summed E-state index contributed by atoms with van der Waals surface area (Å²) in [5.74, 6) is 0. The number of thiophene rings is 1. The Bertz CT molecular complexity index is 529. The van der Waals surface area contributed by atoms with E-state index in [0.29, 0.717) is 13.2 Å². The van der Waals surface area contributed by atoms with Gasteiger partial charge in [-0.05, 0) is 30.9 Å². The molecule has 1 aromatic heterocycles. The van der Waals surface area contributed by atoms with Gasteiger partial charge in [-0.2, -0.15) is 0 Å². The number of ether oxygens (including phenoxy) is 1. The fourth-order valence-electron chi connectivity index (χ4n) is 3.56. The van der Waals surface area contributed by atoms with Crippen molar-refractivity contribution in [2.45, 2.75) is 43.8 Å². The van der Waals surface area contributed by atoms with Gasteiger partial charge in [0.05, 0.1) is 19.3 Å². The van der Waals surface area contributed by atoms with Crippen LogP contribution in [0, 0.1) is 0 Å². The highest BCUT2D eigenvalue weighted by molar-refractivity contribution is 7.12. The maximum atomic E-state index is 12.6. The average Bonchev–Trinajstić information content (AvgIpc) is 2.93. The van der Waals surface area contributed by atoms with Gasteiger partial charge in [0.1, 0.15) is 5.60 Å². The van der Waals surface area contributed by atoms with E-state index in [1.165, 1.54) is 16.9 Å². The van der Waals surface area contributed by atoms with Gasteiger partial charge >= 0.3 is 0 Å². The third kappa shape index (κ3) is 3.74. The number of β-amino-alcohol motifs (C(OH)–C–C–N with tert-alkyl or cyclic N) is 1. The molecule has 130 valence electrons. The van der Waals surface area contributed by atoms with Crippen LogP contribution in [0.1, 0.15) is 28.2 Å². The normalized spacial score (nSPS) is 22.5. The van der Waals surface area contributed by atoms with Crippen LogP contribution in [0.4, 0.5) is 8.78 Å². The van der Waals surface area contributed by atoms with Gasteiger partial charge in [-0.25, -0.2) is 8.78 Å². The molecule has 2 N–H and O–H groups in total. The molecule has 0 saturated carbocycles. The molecular formula is C16H23F2NO3S. The molecule has 0 bridgehead atoms. The molecule has 3 heterocycles. The SMILES string of the molecule is OCC(O)CN1CCC2(CC1)OCCc1cc(CC(F)F)sc12. The summed E-state index contributed by atoms with van der Waals surface area (Å²) in [5.41, 5.74) is 0.819. The van der Waals surface area contributed by atoms with Gasteiger partial charge in [-0.1, -0.05) is 0 Å². The molecule has 1 saturated heterocycles. The minimum absolute atomic E-state index is 0.178. The summed E-state index contributed by atoms with van der Waals surface area (Å²) in [6.07, 6.45) is -0.814. The minimum Gasteiger partial charge on any atom is -0.394 e. The third-order valence-electron chi connectivity index (χ3n) is 4.72. The Labute approximate surface area is 138 Å². The Balaban J connectivity index is 1.71. The van der Waals surface area contributed by atoms with E-state index in [1.807, 2.05) is 6.07 Å². The number of aliphatic hydroxyl groups excluding tert-OH is 2. The van der Waals surface area contributed by atoms with Gasteiger partial charge < -0.3 is 19.8 Å². The van der Waals surface area contributed by atoms with E-state index in [1.54, 1.807) is 0 Å². The first kappa shape index (κ1) is 17.2. The van der Waals surface area contributed by atoms with Crippen LogP contribution in [0.3, 0.4) is 0 Å². The third-order valence-corrected chi connectivity index (χ3v) is 6.11. The fourth-order valence-corrected chi connectivity index (χ4v) is 4.97. The van der Waals surface area contributed by atoms with Crippen LogP contribution in [0.2, 0.25) is 0 Å². The molecule has 0 radical (unpaired) electrons. The largest absolute Gasteiger partial charge is 0.394 e. The van der Waals surface area contributed by atoms with Crippen molar-refractivity contribution in [3.8, 4) is 0 Å². The first-order valence-corrected chi connectivity index (χ1v) is 8.89. The maximum Gasteiger partial charge on any atom is 0.243 e. The molecule has 23 heavy (non-hydrogen) atoms. The highest BCUT2D eigenvalue weighted by atomic mass is 32.1. The molecule has 2 aliphatic heterocycles. The maximum absolute atomic E-state index is 12.6. The molecule has 7 heteroatoms. The van der Waals surface area contributed by atoms with Crippen molar-refractivity contribution in [3.05, 3.63) is 21.4 Å². The van der Waals surface area contributed by atoms with Crippen LogP contribution in [0.25, 0.3) is 0 Å². The molecule has 2 aliphatic rings. The Morgan fingerprint density at radius 1 is 1.35 bits per heavy atom. The number of hydrogen-bond donors (Lipinski definition) is 2. The van der Waals surface area contributed by atoms with Gasteiger partial charge in [0.25, 0.3) is 0 Å². The zero-order chi connectivity index (χ0) is 16.4. The first-order valence-electron chi connectivity index (χ1n) is 8.08. The average molecular weight is 347 g/mol. The number of rotatable bonds is 5.